The molecule has 0 saturated heterocycles. The number of fused-ring (bicyclic) bond motifs is 1. The maximum absolute atomic E-state index is 12.6. The molecule has 0 bridgehead atoms. The van der Waals surface area contributed by atoms with Crippen molar-refractivity contribution in [1.29, 1.82) is 0 Å². The average molecular weight is 473 g/mol. The highest BCUT2D eigenvalue weighted by Crippen LogP contribution is 2.29. The summed E-state index contributed by atoms with van der Waals surface area (Å²) in [5, 5.41) is 0.718. The van der Waals surface area contributed by atoms with E-state index in [1.807, 2.05) is 6.92 Å². The third-order valence-corrected chi connectivity index (χ3v) is 5.01. The van der Waals surface area contributed by atoms with Gasteiger partial charge in [0.15, 0.2) is 0 Å². The largest absolute Gasteiger partial charge is 0.466 e. The molecule has 0 atom stereocenters. The first-order valence-electron chi connectivity index (χ1n) is 9.58. The van der Waals surface area contributed by atoms with E-state index in [9.17, 15) is 14.4 Å². The van der Waals surface area contributed by atoms with Crippen LogP contribution in [0.1, 0.15) is 41.3 Å². The Balaban J connectivity index is 1.94. The molecule has 0 spiro atoms. The third kappa shape index (κ3) is 5.36. The number of aryl methyl sites for hydroxylation is 2. The van der Waals surface area contributed by atoms with Crippen LogP contribution in [-0.2, 0) is 16.0 Å². The third-order valence-electron chi connectivity index (χ3n) is 4.48. The molecule has 0 aliphatic carbocycles. The van der Waals surface area contributed by atoms with Gasteiger partial charge in [-0.05, 0) is 61.2 Å². The standard InChI is InChI=1S/C23H21BrO6/c1-3-10-28-21(25)9-6-16-12-18-14(2)11-22(26)29-20(18)13-19(16)30-23(27)15-4-7-17(24)8-5-15/h4-5,7-8,11-13H,3,6,9-10H2,1-2H3. The first-order chi connectivity index (χ1) is 14.4. The minimum atomic E-state index is -0.549. The molecule has 0 fully saturated rings. The van der Waals surface area contributed by atoms with Crippen molar-refractivity contribution in [3.8, 4) is 5.75 Å². The van der Waals surface area contributed by atoms with Crippen molar-refractivity contribution < 1.29 is 23.5 Å². The van der Waals surface area contributed by atoms with Crippen molar-refractivity contribution in [3.63, 3.8) is 0 Å². The SMILES string of the molecule is CCCOC(=O)CCc1cc2c(C)cc(=O)oc2cc1OC(=O)c1ccc(Br)cc1. The molecular weight excluding hydrogens is 452 g/mol. The molecule has 0 radical (unpaired) electrons. The van der Waals surface area contributed by atoms with Crippen molar-refractivity contribution in [2.24, 2.45) is 0 Å². The van der Waals surface area contributed by atoms with Crippen LogP contribution in [0.4, 0.5) is 0 Å². The lowest BCUT2D eigenvalue weighted by molar-refractivity contribution is -0.143. The number of carbonyl (C=O) groups is 2. The fraction of sp³-hybridized carbons (Fsp3) is 0.261. The number of hydrogen-bond donors (Lipinski definition) is 0. The molecule has 2 aromatic carbocycles. The lowest BCUT2D eigenvalue weighted by Gasteiger charge is -2.12. The zero-order valence-electron chi connectivity index (χ0n) is 16.7. The Morgan fingerprint density at radius 3 is 2.53 bits per heavy atom. The van der Waals surface area contributed by atoms with E-state index in [-0.39, 0.29) is 18.1 Å². The molecule has 1 aromatic heterocycles. The fourth-order valence-corrected chi connectivity index (χ4v) is 3.22. The van der Waals surface area contributed by atoms with Crippen molar-refractivity contribution in [2.45, 2.75) is 33.1 Å². The number of hydrogen-bond acceptors (Lipinski definition) is 6. The van der Waals surface area contributed by atoms with E-state index in [0.717, 1.165) is 21.8 Å². The lowest BCUT2D eigenvalue weighted by atomic mass is 10.0. The van der Waals surface area contributed by atoms with Crippen molar-refractivity contribution in [2.75, 3.05) is 6.61 Å². The number of halogens is 1. The van der Waals surface area contributed by atoms with Gasteiger partial charge in [0.1, 0.15) is 11.3 Å². The topological polar surface area (TPSA) is 82.8 Å². The highest BCUT2D eigenvalue weighted by molar-refractivity contribution is 9.10. The number of benzene rings is 2. The van der Waals surface area contributed by atoms with Crippen LogP contribution in [0.2, 0.25) is 0 Å². The van der Waals surface area contributed by atoms with E-state index >= 15 is 0 Å². The van der Waals surface area contributed by atoms with E-state index in [1.165, 1.54) is 12.1 Å². The Kier molecular flexibility index (Phi) is 7.05. The maximum atomic E-state index is 12.6. The van der Waals surface area contributed by atoms with Gasteiger partial charge in [-0.2, -0.15) is 0 Å². The molecular formula is C23H21BrO6. The van der Waals surface area contributed by atoms with Gasteiger partial charge in [-0.3, -0.25) is 4.79 Å². The predicted octanol–water partition coefficient (Wildman–Crippen LogP) is 4.97. The summed E-state index contributed by atoms with van der Waals surface area (Å²) >= 11 is 3.33. The van der Waals surface area contributed by atoms with Crippen LogP contribution in [0, 0.1) is 6.92 Å². The molecule has 30 heavy (non-hydrogen) atoms. The molecule has 0 N–H and O–H groups in total. The number of ether oxygens (including phenoxy) is 2. The second-order valence-electron chi connectivity index (χ2n) is 6.82. The summed E-state index contributed by atoms with van der Waals surface area (Å²) in [6.45, 7) is 4.09. The molecule has 6 nitrogen and oxygen atoms in total. The second-order valence-corrected chi connectivity index (χ2v) is 7.74. The zero-order valence-corrected chi connectivity index (χ0v) is 18.3. The number of carbonyl (C=O) groups excluding carboxylic acids is 2. The summed E-state index contributed by atoms with van der Waals surface area (Å²) in [5.74, 6) is -0.627. The summed E-state index contributed by atoms with van der Waals surface area (Å²) in [7, 11) is 0. The van der Waals surface area contributed by atoms with Gasteiger partial charge in [0.2, 0.25) is 0 Å². The molecule has 0 saturated carbocycles. The highest BCUT2D eigenvalue weighted by Gasteiger charge is 2.16. The van der Waals surface area contributed by atoms with Crippen LogP contribution in [0.5, 0.6) is 5.75 Å². The van der Waals surface area contributed by atoms with E-state index in [4.69, 9.17) is 13.9 Å². The van der Waals surface area contributed by atoms with Gasteiger partial charge in [0.05, 0.1) is 12.2 Å². The van der Waals surface area contributed by atoms with E-state index in [0.29, 0.717) is 29.7 Å². The molecule has 0 aliphatic heterocycles. The van der Waals surface area contributed by atoms with Gasteiger partial charge in [-0.15, -0.1) is 0 Å². The first kappa shape index (κ1) is 21.8. The predicted molar refractivity (Wildman–Crippen MR) is 116 cm³/mol. The summed E-state index contributed by atoms with van der Waals surface area (Å²) in [6, 6.07) is 11.5. The Hall–Kier alpha value is -2.93. The molecule has 7 heteroatoms. The summed E-state index contributed by atoms with van der Waals surface area (Å²) in [5.41, 5.74) is 1.59. The Morgan fingerprint density at radius 1 is 1.10 bits per heavy atom. The van der Waals surface area contributed by atoms with Gasteiger partial charge in [-0.1, -0.05) is 22.9 Å². The quantitative estimate of drug-likeness (QED) is 0.274. The summed E-state index contributed by atoms with van der Waals surface area (Å²) in [4.78, 5) is 36.3. The minimum absolute atomic E-state index is 0.143. The first-order valence-corrected chi connectivity index (χ1v) is 10.4. The minimum Gasteiger partial charge on any atom is -0.466 e. The van der Waals surface area contributed by atoms with Gasteiger partial charge >= 0.3 is 17.6 Å². The number of esters is 2. The Labute approximate surface area is 181 Å². The molecule has 156 valence electrons. The van der Waals surface area contributed by atoms with Gasteiger partial charge in [0.25, 0.3) is 0 Å². The van der Waals surface area contributed by atoms with Crippen molar-refractivity contribution in [3.05, 3.63) is 74.0 Å². The van der Waals surface area contributed by atoms with Gasteiger partial charge in [0, 0.05) is 28.4 Å². The fourth-order valence-electron chi connectivity index (χ4n) is 2.95. The molecule has 0 aliphatic rings. The summed E-state index contributed by atoms with van der Waals surface area (Å²) in [6.07, 6.45) is 1.21. The lowest BCUT2D eigenvalue weighted by Crippen LogP contribution is -2.11. The number of rotatable bonds is 7. The smallest absolute Gasteiger partial charge is 0.343 e. The van der Waals surface area contributed by atoms with Crippen molar-refractivity contribution >= 4 is 38.8 Å². The van der Waals surface area contributed by atoms with Crippen LogP contribution < -0.4 is 10.4 Å². The van der Waals surface area contributed by atoms with Crippen LogP contribution in [0.25, 0.3) is 11.0 Å². The monoisotopic (exact) mass is 472 g/mol. The van der Waals surface area contributed by atoms with Crippen LogP contribution >= 0.6 is 15.9 Å². The second kappa shape index (κ2) is 9.71. The van der Waals surface area contributed by atoms with Crippen molar-refractivity contribution in [1.82, 2.24) is 0 Å². The Bertz CT molecular complexity index is 1130. The molecule has 3 aromatic rings. The molecule has 0 unspecified atom stereocenters. The highest BCUT2D eigenvalue weighted by atomic mass is 79.9. The van der Waals surface area contributed by atoms with Crippen LogP contribution in [0.3, 0.4) is 0 Å². The molecule has 0 amide bonds. The Morgan fingerprint density at radius 2 is 1.83 bits per heavy atom. The van der Waals surface area contributed by atoms with Gasteiger partial charge < -0.3 is 13.9 Å². The van der Waals surface area contributed by atoms with Crippen LogP contribution in [-0.4, -0.2) is 18.5 Å². The maximum Gasteiger partial charge on any atom is 0.343 e. The van der Waals surface area contributed by atoms with E-state index in [1.54, 1.807) is 37.3 Å². The molecule has 1 heterocycles. The van der Waals surface area contributed by atoms with Crippen LogP contribution in [0.15, 0.2) is 56.1 Å². The normalized spacial score (nSPS) is 10.8. The summed E-state index contributed by atoms with van der Waals surface area (Å²) < 4.78 is 16.9. The zero-order chi connectivity index (χ0) is 21.7. The van der Waals surface area contributed by atoms with E-state index < -0.39 is 11.6 Å². The van der Waals surface area contributed by atoms with E-state index in [2.05, 4.69) is 15.9 Å². The average Bonchev–Trinajstić information content (AvgIpc) is 2.71. The van der Waals surface area contributed by atoms with Gasteiger partial charge in [-0.25, -0.2) is 9.59 Å². The molecule has 3 rings (SSSR count).